The quantitative estimate of drug-likeness (QED) is 0.704. The zero-order valence-corrected chi connectivity index (χ0v) is 8.02. The van der Waals surface area contributed by atoms with Crippen molar-refractivity contribution in [2.24, 2.45) is 5.73 Å². The molecule has 2 heterocycles. The Morgan fingerprint density at radius 2 is 2.00 bits per heavy atom. The number of nitrogens with two attached hydrogens (primary N) is 1. The average molecular weight is 194 g/mol. The molecule has 0 unspecified atom stereocenters. The van der Waals surface area contributed by atoms with Gasteiger partial charge in [-0.2, -0.15) is 0 Å². The van der Waals surface area contributed by atoms with Crippen LogP contribution >= 0.6 is 0 Å². The SMILES string of the molecule is NCc1nccnc1N1CCOCC1. The van der Waals surface area contributed by atoms with Gasteiger partial charge < -0.3 is 15.4 Å². The molecule has 0 bridgehead atoms. The maximum Gasteiger partial charge on any atom is 0.151 e. The third kappa shape index (κ3) is 1.83. The smallest absolute Gasteiger partial charge is 0.151 e. The van der Waals surface area contributed by atoms with Gasteiger partial charge in [-0.05, 0) is 0 Å². The zero-order chi connectivity index (χ0) is 9.80. The second kappa shape index (κ2) is 4.34. The van der Waals surface area contributed by atoms with Crippen LogP contribution in [0.5, 0.6) is 0 Å². The van der Waals surface area contributed by atoms with E-state index in [1.165, 1.54) is 0 Å². The third-order valence-electron chi connectivity index (χ3n) is 2.26. The van der Waals surface area contributed by atoms with Gasteiger partial charge in [-0.3, -0.25) is 4.98 Å². The van der Waals surface area contributed by atoms with Crippen molar-refractivity contribution in [3.63, 3.8) is 0 Å². The largest absolute Gasteiger partial charge is 0.378 e. The van der Waals surface area contributed by atoms with Gasteiger partial charge in [-0.1, -0.05) is 0 Å². The average Bonchev–Trinajstić information content (AvgIpc) is 2.30. The van der Waals surface area contributed by atoms with Crippen molar-refractivity contribution in [2.75, 3.05) is 31.2 Å². The van der Waals surface area contributed by atoms with Crippen molar-refractivity contribution in [3.05, 3.63) is 18.1 Å². The standard InChI is InChI=1S/C9H14N4O/c10-7-8-9(12-2-1-11-8)13-3-5-14-6-4-13/h1-2H,3-7,10H2. The lowest BCUT2D eigenvalue weighted by molar-refractivity contribution is 0.122. The highest BCUT2D eigenvalue weighted by Crippen LogP contribution is 2.15. The highest BCUT2D eigenvalue weighted by Gasteiger charge is 2.15. The predicted molar refractivity (Wildman–Crippen MR) is 53.0 cm³/mol. The van der Waals surface area contributed by atoms with Crippen molar-refractivity contribution >= 4 is 5.82 Å². The van der Waals surface area contributed by atoms with Crippen LogP contribution in [0.2, 0.25) is 0 Å². The molecular formula is C9H14N4O. The molecule has 1 aliphatic heterocycles. The van der Waals surface area contributed by atoms with E-state index in [1.54, 1.807) is 12.4 Å². The minimum absolute atomic E-state index is 0.431. The number of rotatable bonds is 2. The third-order valence-corrected chi connectivity index (χ3v) is 2.26. The monoisotopic (exact) mass is 194 g/mol. The van der Waals surface area contributed by atoms with Gasteiger partial charge in [0.05, 0.1) is 18.9 Å². The Balaban J connectivity index is 2.20. The number of nitrogens with zero attached hydrogens (tertiary/aromatic N) is 3. The van der Waals surface area contributed by atoms with Gasteiger partial charge in [-0.15, -0.1) is 0 Å². The summed E-state index contributed by atoms with van der Waals surface area (Å²) in [5.41, 5.74) is 6.45. The van der Waals surface area contributed by atoms with E-state index in [9.17, 15) is 0 Å². The summed E-state index contributed by atoms with van der Waals surface area (Å²) >= 11 is 0. The van der Waals surface area contributed by atoms with Crippen molar-refractivity contribution < 1.29 is 4.74 Å². The van der Waals surface area contributed by atoms with E-state index in [2.05, 4.69) is 14.9 Å². The van der Waals surface area contributed by atoms with E-state index in [0.717, 1.165) is 37.8 Å². The first-order valence-corrected chi connectivity index (χ1v) is 4.74. The molecule has 0 saturated carbocycles. The molecule has 1 saturated heterocycles. The molecule has 14 heavy (non-hydrogen) atoms. The first-order chi connectivity index (χ1) is 6.92. The molecule has 1 aliphatic rings. The molecule has 5 nitrogen and oxygen atoms in total. The molecule has 0 spiro atoms. The number of anilines is 1. The second-order valence-corrected chi connectivity index (χ2v) is 3.13. The van der Waals surface area contributed by atoms with Crippen LogP contribution in [0.1, 0.15) is 5.69 Å². The fourth-order valence-corrected chi connectivity index (χ4v) is 1.54. The number of ether oxygens (including phenoxy) is 1. The lowest BCUT2D eigenvalue weighted by Crippen LogP contribution is -2.37. The van der Waals surface area contributed by atoms with Crippen LogP contribution in [0, 0.1) is 0 Å². The Bertz CT molecular complexity index is 299. The molecule has 0 amide bonds. The number of morpholine rings is 1. The molecule has 1 aromatic heterocycles. The van der Waals surface area contributed by atoms with E-state index >= 15 is 0 Å². The van der Waals surface area contributed by atoms with E-state index in [1.807, 2.05) is 0 Å². The molecule has 2 rings (SSSR count). The normalized spacial score (nSPS) is 17.1. The van der Waals surface area contributed by atoms with E-state index in [-0.39, 0.29) is 0 Å². The topological polar surface area (TPSA) is 64.3 Å². The summed E-state index contributed by atoms with van der Waals surface area (Å²) in [6.45, 7) is 3.67. The lowest BCUT2D eigenvalue weighted by Gasteiger charge is -2.28. The molecule has 2 N–H and O–H groups in total. The molecule has 0 atom stereocenters. The van der Waals surface area contributed by atoms with E-state index < -0.39 is 0 Å². The van der Waals surface area contributed by atoms with E-state index in [0.29, 0.717) is 6.54 Å². The zero-order valence-electron chi connectivity index (χ0n) is 8.02. The number of aromatic nitrogens is 2. The summed E-state index contributed by atoms with van der Waals surface area (Å²) in [6, 6.07) is 0. The molecule has 1 aromatic rings. The van der Waals surface area contributed by atoms with Gasteiger partial charge in [0.1, 0.15) is 0 Å². The van der Waals surface area contributed by atoms with Gasteiger partial charge in [0.25, 0.3) is 0 Å². The van der Waals surface area contributed by atoms with Crippen LogP contribution < -0.4 is 10.6 Å². The fraction of sp³-hybridized carbons (Fsp3) is 0.556. The van der Waals surface area contributed by atoms with Gasteiger partial charge in [0, 0.05) is 32.0 Å². The summed E-state index contributed by atoms with van der Waals surface area (Å²) < 4.78 is 5.27. The molecule has 76 valence electrons. The fourth-order valence-electron chi connectivity index (χ4n) is 1.54. The predicted octanol–water partition coefficient (Wildman–Crippen LogP) is -0.228. The first kappa shape index (κ1) is 9.36. The molecule has 1 fully saturated rings. The maximum atomic E-state index is 5.60. The Morgan fingerprint density at radius 1 is 1.29 bits per heavy atom. The molecule has 0 aliphatic carbocycles. The summed E-state index contributed by atoms with van der Waals surface area (Å²) in [7, 11) is 0. The summed E-state index contributed by atoms with van der Waals surface area (Å²) in [5.74, 6) is 0.901. The molecule has 5 heteroatoms. The second-order valence-electron chi connectivity index (χ2n) is 3.13. The van der Waals surface area contributed by atoms with Gasteiger partial charge in [0.2, 0.25) is 0 Å². The van der Waals surface area contributed by atoms with Crippen molar-refractivity contribution in [2.45, 2.75) is 6.54 Å². The Hall–Kier alpha value is -1.20. The van der Waals surface area contributed by atoms with Crippen LogP contribution in [0.4, 0.5) is 5.82 Å². The summed E-state index contributed by atoms with van der Waals surface area (Å²) in [6.07, 6.45) is 3.37. The van der Waals surface area contributed by atoms with Crippen LogP contribution in [-0.4, -0.2) is 36.3 Å². The Kier molecular flexibility index (Phi) is 2.90. The lowest BCUT2D eigenvalue weighted by atomic mass is 10.3. The minimum atomic E-state index is 0.431. The van der Waals surface area contributed by atoms with Crippen molar-refractivity contribution in [3.8, 4) is 0 Å². The van der Waals surface area contributed by atoms with Crippen molar-refractivity contribution in [1.82, 2.24) is 9.97 Å². The molecular weight excluding hydrogens is 180 g/mol. The van der Waals surface area contributed by atoms with Crippen LogP contribution in [0.25, 0.3) is 0 Å². The van der Waals surface area contributed by atoms with Gasteiger partial charge >= 0.3 is 0 Å². The first-order valence-electron chi connectivity index (χ1n) is 4.74. The molecule has 0 aromatic carbocycles. The highest BCUT2D eigenvalue weighted by molar-refractivity contribution is 5.43. The van der Waals surface area contributed by atoms with Crippen LogP contribution in [-0.2, 0) is 11.3 Å². The maximum absolute atomic E-state index is 5.60. The van der Waals surface area contributed by atoms with Gasteiger partial charge in [-0.25, -0.2) is 4.98 Å². The van der Waals surface area contributed by atoms with Gasteiger partial charge in [0.15, 0.2) is 5.82 Å². The molecule has 0 radical (unpaired) electrons. The number of hydrogen-bond acceptors (Lipinski definition) is 5. The Morgan fingerprint density at radius 3 is 2.71 bits per heavy atom. The van der Waals surface area contributed by atoms with Crippen molar-refractivity contribution in [1.29, 1.82) is 0 Å². The summed E-state index contributed by atoms with van der Waals surface area (Å²) in [5, 5.41) is 0. The Labute approximate surface area is 82.9 Å². The van der Waals surface area contributed by atoms with E-state index in [4.69, 9.17) is 10.5 Å². The van der Waals surface area contributed by atoms with Crippen LogP contribution in [0.3, 0.4) is 0 Å². The summed E-state index contributed by atoms with van der Waals surface area (Å²) in [4.78, 5) is 10.7. The van der Waals surface area contributed by atoms with Crippen LogP contribution in [0.15, 0.2) is 12.4 Å². The minimum Gasteiger partial charge on any atom is -0.378 e. The number of hydrogen-bond donors (Lipinski definition) is 1. The highest BCUT2D eigenvalue weighted by atomic mass is 16.5.